The maximum Gasteiger partial charge on any atom is 0.266 e. The quantitative estimate of drug-likeness (QED) is 0.109. The molecule has 0 saturated heterocycles. The Hall–Kier alpha value is -4.44. The highest BCUT2D eigenvalue weighted by Crippen LogP contribution is 2.31. The number of carbonyl (C=O) groups excluding carboxylic acids is 1. The molecule has 38 heavy (non-hydrogen) atoms. The van der Waals surface area contributed by atoms with Crippen molar-refractivity contribution in [2.45, 2.75) is 24.9 Å². The summed E-state index contributed by atoms with van der Waals surface area (Å²) in [7, 11) is 0. The molecule has 0 fully saturated rings. The minimum Gasteiger partial charge on any atom is -0.494 e. The highest BCUT2D eigenvalue weighted by molar-refractivity contribution is 6.00. The zero-order chi connectivity index (χ0) is 26.8. The fourth-order valence-corrected chi connectivity index (χ4v) is 3.93. The van der Waals surface area contributed by atoms with Crippen molar-refractivity contribution in [3.8, 4) is 5.75 Å². The minimum absolute atomic E-state index is 0.0465. The first-order valence-corrected chi connectivity index (χ1v) is 12.0. The van der Waals surface area contributed by atoms with Gasteiger partial charge in [-0.15, -0.1) is 0 Å². The first kappa shape index (κ1) is 26.6. The lowest BCUT2D eigenvalue weighted by atomic mass is 9.91. The first-order chi connectivity index (χ1) is 18.5. The summed E-state index contributed by atoms with van der Waals surface area (Å²) in [5.41, 5.74) is 15.0. The van der Waals surface area contributed by atoms with Crippen LogP contribution in [0.15, 0.2) is 82.9 Å². The second kappa shape index (κ2) is 12.7. The van der Waals surface area contributed by atoms with E-state index in [9.17, 15) is 9.18 Å². The molecule has 0 spiro atoms. The number of halogens is 1. The van der Waals surface area contributed by atoms with Gasteiger partial charge in [0.2, 0.25) is 5.90 Å². The van der Waals surface area contributed by atoms with Crippen molar-refractivity contribution in [2.24, 2.45) is 10.1 Å². The van der Waals surface area contributed by atoms with Gasteiger partial charge in [-0.05, 0) is 41.4 Å². The molecule has 1 aliphatic heterocycles. The summed E-state index contributed by atoms with van der Waals surface area (Å²) >= 11 is 0. The number of rotatable bonds is 12. The van der Waals surface area contributed by atoms with E-state index in [1.54, 1.807) is 66.7 Å². The van der Waals surface area contributed by atoms with Gasteiger partial charge in [0, 0.05) is 47.7 Å². The Morgan fingerprint density at radius 3 is 2.61 bits per heavy atom. The highest BCUT2D eigenvalue weighted by atomic mass is 19.1. The Morgan fingerprint density at radius 2 is 1.87 bits per heavy atom. The number of hydrogen-bond donors (Lipinski definition) is 3. The van der Waals surface area contributed by atoms with E-state index in [-0.39, 0.29) is 37.9 Å². The predicted molar refractivity (Wildman–Crippen MR) is 139 cm³/mol. The molecule has 1 aliphatic rings. The van der Waals surface area contributed by atoms with Crippen LogP contribution >= 0.6 is 0 Å². The largest absolute Gasteiger partial charge is 0.494 e. The third-order valence-electron chi connectivity index (χ3n) is 5.92. The SMILES string of the molecule is [N-]=[N+]=Nc1ccccc1C[C@@]1(C(=O)NNCc2ccccc2F)COC(c2ccc(OCCCO)cc2)=N1. The standard InChI is InChI=1S/C27H27FN6O4/c28-23-8-3-1-7-21(23)17-30-33-26(36)27(16-20-6-2-4-9-24(20)32-34-29)18-38-25(31-27)19-10-12-22(13-11-19)37-15-5-14-35/h1-4,6-13,30,35H,5,14-18H2,(H,33,36)/t27-/m0/s1. The van der Waals surface area contributed by atoms with Crippen molar-refractivity contribution in [1.82, 2.24) is 10.9 Å². The van der Waals surface area contributed by atoms with Crippen molar-refractivity contribution in [3.05, 3.63) is 106 Å². The van der Waals surface area contributed by atoms with E-state index in [4.69, 9.17) is 25.1 Å². The number of carbonyl (C=O) groups is 1. The average molecular weight is 519 g/mol. The molecule has 0 saturated carbocycles. The van der Waals surface area contributed by atoms with Gasteiger partial charge in [-0.3, -0.25) is 10.2 Å². The molecule has 3 N–H and O–H groups in total. The summed E-state index contributed by atoms with van der Waals surface area (Å²) in [5, 5.41) is 12.7. The summed E-state index contributed by atoms with van der Waals surface area (Å²) < 4.78 is 25.5. The van der Waals surface area contributed by atoms with Gasteiger partial charge in [0.25, 0.3) is 5.91 Å². The smallest absolute Gasteiger partial charge is 0.266 e. The fourth-order valence-electron chi connectivity index (χ4n) is 3.93. The van der Waals surface area contributed by atoms with E-state index in [0.717, 1.165) is 0 Å². The Kier molecular flexibility index (Phi) is 8.89. The number of benzene rings is 3. The van der Waals surface area contributed by atoms with E-state index in [0.29, 0.717) is 41.2 Å². The first-order valence-electron chi connectivity index (χ1n) is 12.0. The van der Waals surface area contributed by atoms with E-state index in [2.05, 4.69) is 20.9 Å². The van der Waals surface area contributed by atoms with Crippen molar-refractivity contribution in [3.63, 3.8) is 0 Å². The molecule has 1 heterocycles. The number of ether oxygens (including phenoxy) is 2. The molecule has 1 amide bonds. The number of aliphatic hydroxyl groups is 1. The molecule has 0 radical (unpaired) electrons. The number of nitrogens with one attached hydrogen (secondary N) is 2. The van der Waals surface area contributed by atoms with Crippen LogP contribution in [-0.2, 0) is 22.5 Å². The molecule has 0 bridgehead atoms. The fraction of sp³-hybridized carbons (Fsp3) is 0.259. The molecule has 11 heteroatoms. The van der Waals surface area contributed by atoms with Crippen molar-refractivity contribution >= 4 is 17.5 Å². The Bertz CT molecular complexity index is 1340. The molecular weight excluding hydrogens is 491 g/mol. The van der Waals surface area contributed by atoms with Crippen LogP contribution in [0.3, 0.4) is 0 Å². The van der Waals surface area contributed by atoms with Crippen molar-refractivity contribution < 1.29 is 23.8 Å². The maximum atomic E-state index is 14.0. The van der Waals surface area contributed by atoms with Gasteiger partial charge in [-0.2, -0.15) is 0 Å². The molecule has 0 aromatic heterocycles. The molecule has 0 aliphatic carbocycles. The molecule has 196 valence electrons. The van der Waals surface area contributed by atoms with E-state index < -0.39 is 11.4 Å². The van der Waals surface area contributed by atoms with Gasteiger partial charge in [-0.25, -0.2) is 14.8 Å². The summed E-state index contributed by atoms with van der Waals surface area (Å²) in [6.45, 7) is 0.444. The molecule has 3 aromatic rings. The maximum absolute atomic E-state index is 14.0. The van der Waals surface area contributed by atoms with Gasteiger partial charge in [0.15, 0.2) is 5.54 Å². The van der Waals surface area contributed by atoms with Crippen LogP contribution in [-0.4, -0.2) is 42.3 Å². The Balaban J connectivity index is 1.57. The van der Waals surface area contributed by atoms with Crippen LogP contribution in [0.5, 0.6) is 5.75 Å². The number of hydrazine groups is 1. The average Bonchev–Trinajstić information content (AvgIpc) is 3.37. The van der Waals surface area contributed by atoms with Crippen LogP contribution < -0.4 is 15.6 Å². The lowest BCUT2D eigenvalue weighted by molar-refractivity contribution is -0.127. The van der Waals surface area contributed by atoms with Crippen LogP contribution in [0.4, 0.5) is 10.1 Å². The summed E-state index contributed by atoms with van der Waals surface area (Å²) in [6.07, 6.45) is 0.624. The van der Waals surface area contributed by atoms with Gasteiger partial charge in [0.05, 0.1) is 6.61 Å². The van der Waals surface area contributed by atoms with Gasteiger partial charge < -0.3 is 14.6 Å². The molecule has 0 unspecified atom stereocenters. The Morgan fingerprint density at radius 1 is 1.13 bits per heavy atom. The van der Waals surface area contributed by atoms with Gasteiger partial charge >= 0.3 is 0 Å². The number of azide groups is 1. The van der Waals surface area contributed by atoms with Crippen LogP contribution in [0.25, 0.3) is 10.4 Å². The van der Waals surface area contributed by atoms with Crippen molar-refractivity contribution in [2.75, 3.05) is 19.8 Å². The van der Waals surface area contributed by atoms with Crippen LogP contribution in [0.2, 0.25) is 0 Å². The Labute approximate surface area is 218 Å². The predicted octanol–water partition coefficient (Wildman–Crippen LogP) is 4.11. The van der Waals surface area contributed by atoms with Crippen molar-refractivity contribution in [1.29, 1.82) is 0 Å². The molecule has 10 nitrogen and oxygen atoms in total. The molecular formula is C27H27FN6O4. The monoisotopic (exact) mass is 518 g/mol. The lowest BCUT2D eigenvalue weighted by Crippen LogP contribution is -2.52. The summed E-state index contributed by atoms with van der Waals surface area (Å²) in [6, 6.07) is 20.3. The third kappa shape index (κ3) is 6.46. The van der Waals surface area contributed by atoms with Gasteiger partial charge in [-0.1, -0.05) is 47.6 Å². The molecule has 4 rings (SSSR count). The zero-order valence-electron chi connectivity index (χ0n) is 20.5. The number of amides is 1. The zero-order valence-corrected chi connectivity index (χ0v) is 20.5. The van der Waals surface area contributed by atoms with Gasteiger partial charge in [0.1, 0.15) is 18.2 Å². The number of aliphatic hydroxyl groups excluding tert-OH is 1. The van der Waals surface area contributed by atoms with Crippen LogP contribution in [0, 0.1) is 5.82 Å². The summed E-state index contributed by atoms with van der Waals surface area (Å²) in [4.78, 5) is 21.1. The minimum atomic E-state index is -1.38. The van der Waals surface area contributed by atoms with E-state index in [1.807, 2.05) is 0 Å². The number of nitrogens with zero attached hydrogens (tertiary/aromatic N) is 4. The third-order valence-corrected chi connectivity index (χ3v) is 5.92. The van der Waals surface area contributed by atoms with Crippen LogP contribution in [0.1, 0.15) is 23.1 Å². The summed E-state index contributed by atoms with van der Waals surface area (Å²) in [5.74, 6) is 0.0342. The second-order valence-electron chi connectivity index (χ2n) is 8.58. The molecule has 1 atom stereocenters. The number of aliphatic imine (C=N–C) groups is 1. The topological polar surface area (TPSA) is 141 Å². The van der Waals surface area contributed by atoms with E-state index >= 15 is 0 Å². The number of hydrogen-bond acceptors (Lipinski definition) is 7. The molecule has 3 aromatic carbocycles. The highest BCUT2D eigenvalue weighted by Gasteiger charge is 2.45. The van der Waals surface area contributed by atoms with E-state index in [1.165, 1.54) is 6.07 Å². The lowest BCUT2D eigenvalue weighted by Gasteiger charge is -2.24. The second-order valence-corrected chi connectivity index (χ2v) is 8.58. The normalized spacial score (nSPS) is 16.2.